The normalized spacial score (nSPS) is 13.5. The zero-order valence-electron chi connectivity index (χ0n) is 11.6. The van der Waals surface area contributed by atoms with E-state index in [-0.39, 0.29) is 0 Å². The van der Waals surface area contributed by atoms with Gasteiger partial charge in [-0.15, -0.1) is 0 Å². The number of alkyl halides is 3. The highest BCUT2D eigenvalue weighted by Gasteiger charge is 2.29. The van der Waals surface area contributed by atoms with Gasteiger partial charge in [-0.05, 0) is 56.8 Å². The van der Waals surface area contributed by atoms with Crippen molar-refractivity contribution >= 4 is 0 Å². The molecule has 1 unspecified atom stereocenters. The molecule has 0 saturated heterocycles. The molecule has 0 aliphatic rings. The first kappa shape index (κ1) is 16.0. The average Bonchev–Trinajstić information content (AvgIpc) is 2.36. The fraction of sp³-hybridized carbons (Fsp3) is 0.600. The molecule has 0 heterocycles. The van der Waals surface area contributed by atoms with Crippen LogP contribution in [-0.4, -0.2) is 12.6 Å². The quantitative estimate of drug-likeness (QED) is 0.775. The van der Waals surface area contributed by atoms with Crippen molar-refractivity contribution in [2.75, 3.05) is 6.54 Å². The Labute approximate surface area is 113 Å². The molecule has 0 amide bonds. The molecule has 1 rings (SSSR count). The second-order valence-corrected chi connectivity index (χ2v) is 4.94. The number of hydrogen-bond acceptors (Lipinski definition) is 1. The van der Waals surface area contributed by atoms with Crippen LogP contribution in [0.4, 0.5) is 13.2 Å². The van der Waals surface area contributed by atoms with Crippen molar-refractivity contribution in [1.29, 1.82) is 0 Å². The molecule has 1 aromatic rings. The molecule has 108 valence electrons. The first-order valence-corrected chi connectivity index (χ1v) is 6.83. The smallest absolute Gasteiger partial charge is 0.314 e. The Morgan fingerprint density at radius 2 is 1.79 bits per heavy atom. The number of benzene rings is 1. The van der Waals surface area contributed by atoms with Crippen LogP contribution in [0.25, 0.3) is 0 Å². The monoisotopic (exact) mass is 273 g/mol. The Morgan fingerprint density at radius 3 is 2.32 bits per heavy atom. The second-order valence-electron chi connectivity index (χ2n) is 4.94. The summed E-state index contributed by atoms with van der Waals surface area (Å²) in [6, 6.07) is 5.94. The van der Waals surface area contributed by atoms with E-state index >= 15 is 0 Å². The van der Waals surface area contributed by atoms with Gasteiger partial charge in [-0.25, -0.2) is 0 Å². The molecule has 0 saturated carbocycles. The zero-order valence-corrected chi connectivity index (χ0v) is 11.6. The summed E-state index contributed by atoms with van der Waals surface area (Å²) >= 11 is 0. The van der Waals surface area contributed by atoms with Crippen molar-refractivity contribution in [1.82, 2.24) is 5.32 Å². The number of halogens is 3. The summed E-state index contributed by atoms with van der Waals surface area (Å²) in [5.41, 5.74) is 0.393. The Balaban J connectivity index is 2.34. The van der Waals surface area contributed by atoms with Gasteiger partial charge >= 0.3 is 6.18 Å². The highest BCUT2D eigenvalue weighted by Crippen LogP contribution is 2.29. The molecule has 0 aliphatic carbocycles. The zero-order chi connectivity index (χ0) is 14.3. The number of nitrogens with one attached hydrogen (secondary N) is 1. The summed E-state index contributed by atoms with van der Waals surface area (Å²) in [4.78, 5) is 0. The summed E-state index contributed by atoms with van der Waals surface area (Å²) in [5, 5.41) is 3.40. The third kappa shape index (κ3) is 6.10. The maximum Gasteiger partial charge on any atom is 0.416 e. The van der Waals surface area contributed by atoms with Crippen LogP contribution in [0.1, 0.15) is 44.2 Å². The fourth-order valence-corrected chi connectivity index (χ4v) is 1.97. The van der Waals surface area contributed by atoms with Gasteiger partial charge in [0.05, 0.1) is 5.56 Å². The van der Waals surface area contributed by atoms with E-state index in [4.69, 9.17) is 0 Å². The molecule has 0 aliphatic heterocycles. The van der Waals surface area contributed by atoms with Crippen LogP contribution in [0.5, 0.6) is 0 Å². The molecule has 1 N–H and O–H groups in total. The van der Waals surface area contributed by atoms with Gasteiger partial charge in [-0.3, -0.25) is 0 Å². The lowest BCUT2D eigenvalue weighted by molar-refractivity contribution is -0.137. The van der Waals surface area contributed by atoms with Crippen LogP contribution in [0.2, 0.25) is 0 Å². The maximum atomic E-state index is 12.4. The molecule has 1 atom stereocenters. The average molecular weight is 273 g/mol. The molecule has 1 nitrogen and oxygen atoms in total. The largest absolute Gasteiger partial charge is 0.416 e. The van der Waals surface area contributed by atoms with Crippen molar-refractivity contribution in [3.8, 4) is 0 Å². The SMILES string of the molecule is CCCNC(C)CCCc1ccc(C(F)(F)F)cc1. The molecule has 1 aromatic carbocycles. The summed E-state index contributed by atoms with van der Waals surface area (Å²) < 4.78 is 37.2. The third-order valence-corrected chi connectivity index (χ3v) is 3.13. The second kappa shape index (κ2) is 7.53. The van der Waals surface area contributed by atoms with E-state index in [0.29, 0.717) is 6.04 Å². The van der Waals surface area contributed by atoms with Crippen molar-refractivity contribution in [3.63, 3.8) is 0 Å². The molecule has 0 bridgehead atoms. The summed E-state index contributed by atoms with van der Waals surface area (Å²) in [6.07, 6.45) is -0.263. The molecule has 0 spiro atoms. The predicted molar refractivity (Wildman–Crippen MR) is 72.1 cm³/mol. The van der Waals surface area contributed by atoms with Crippen LogP contribution in [0.15, 0.2) is 24.3 Å². The first-order chi connectivity index (χ1) is 8.93. The number of rotatable bonds is 7. The highest BCUT2D eigenvalue weighted by atomic mass is 19.4. The van der Waals surface area contributed by atoms with E-state index < -0.39 is 11.7 Å². The van der Waals surface area contributed by atoms with Gasteiger partial charge in [-0.1, -0.05) is 19.1 Å². The van der Waals surface area contributed by atoms with Gasteiger partial charge in [0.1, 0.15) is 0 Å². The van der Waals surface area contributed by atoms with Crippen molar-refractivity contribution in [2.24, 2.45) is 0 Å². The molecular weight excluding hydrogens is 251 g/mol. The molecule has 19 heavy (non-hydrogen) atoms. The summed E-state index contributed by atoms with van der Waals surface area (Å²) in [5.74, 6) is 0. The highest BCUT2D eigenvalue weighted by molar-refractivity contribution is 5.24. The van der Waals surface area contributed by atoms with Gasteiger partial charge in [-0.2, -0.15) is 13.2 Å². The Hall–Kier alpha value is -1.03. The van der Waals surface area contributed by atoms with Crippen LogP contribution in [0.3, 0.4) is 0 Å². The lowest BCUT2D eigenvalue weighted by atomic mass is 10.0. The van der Waals surface area contributed by atoms with E-state index in [9.17, 15) is 13.2 Å². The van der Waals surface area contributed by atoms with Gasteiger partial charge < -0.3 is 5.32 Å². The van der Waals surface area contributed by atoms with Crippen molar-refractivity contribution in [3.05, 3.63) is 35.4 Å². The molecule has 0 aromatic heterocycles. The summed E-state index contributed by atoms with van der Waals surface area (Å²) in [6.45, 7) is 5.28. The minimum absolute atomic E-state index is 0.467. The molecule has 0 fully saturated rings. The van der Waals surface area contributed by atoms with Crippen LogP contribution in [-0.2, 0) is 12.6 Å². The third-order valence-electron chi connectivity index (χ3n) is 3.13. The Bertz CT molecular complexity index is 357. The van der Waals surface area contributed by atoms with Gasteiger partial charge in [0.25, 0.3) is 0 Å². The van der Waals surface area contributed by atoms with Crippen LogP contribution in [0, 0.1) is 0 Å². The minimum atomic E-state index is -4.24. The van der Waals surface area contributed by atoms with E-state index in [1.54, 1.807) is 12.1 Å². The van der Waals surface area contributed by atoms with Gasteiger partial charge in [0.2, 0.25) is 0 Å². The topological polar surface area (TPSA) is 12.0 Å². The van der Waals surface area contributed by atoms with E-state index in [1.807, 2.05) is 0 Å². The lowest BCUT2D eigenvalue weighted by Gasteiger charge is -2.13. The van der Waals surface area contributed by atoms with E-state index in [1.165, 1.54) is 0 Å². The number of hydrogen-bond donors (Lipinski definition) is 1. The standard InChI is InChI=1S/C15H22F3N/c1-3-11-19-12(2)5-4-6-13-7-9-14(10-8-13)15(16,17)18/h7-10,12,19H,3-6,11H2,1-2H3. The summed E-state index contributed by atoms with van der Waals surface area (Å²) in [7, 11) is 0. The van der Waals surface area contributed by atoms with E-state index in [2.05, 4.69) is 19.2 Å². The van der Waals surface area contributed by atoms with Crippen molar-refractivity contribution in [2.45, 2.75) is 51.7 Å². The molecular formula is C15H22F3N. The molecule has 4 heteroatoms. The minimum Gasteiger partial charge on any atom is -0.314 e. The first-order valence-electron chi connectivity index (χ1n) is 6.83. The van der Waals surface area contributed by atoms with Gasteiger partial charge in [0, 0.05) is 6.04 Å². The van der Waals surface area contributed by atoms with E-state index in [0.717, 1.165) is 49.9 Å². The Morgan fingerprint density at radius 1 is 1.16 bits per heavy atom. The Kier molecular flexibility index (Phi) is 6.35. The van der Waals surface area contributed by atoms with Gasteiger partial charge in [0.15, 0.2) is 0 Å². The lowest BCUT2D eigenvalue weighted by Crippen LogP contribution is -2.26. The fourth-order valence-electron chi connectivity index (χ4n) is 1.97. The maximum absolute atomic E-state index is 12.4. The predicted octanol–water partition coefficient (Wildman–Crippen LogP) is 4.42. The van der Waals surface area contributed by atoms with Crippen LogP contribution >= 0.6 is 0 Å². The van der Waals surface area contributed by atoms with Crippen LogP contribution < -0.4 is 5.32 Å². The number of aryl methyl sites for hydroxylation is 1. The van der Waals surface area contributed by atoms with Crippen molar-refractivity contribution < 1.29 is 13.2 Å². The molecule has 0 radical (unpaired) electrons.